The number of ketones is 1. The maximum Gasteiger partial charge on any atom is 0.167 e. The van der Waals surface area contributed by atoms with Crippen molar-refractivity contribution in [2.24, 2.45) is 5.92 Å². The molecule has 1 aliphatic heterocycles. The van der Waals surface area contributed by atoms with Gasteiger partial charge >= 0.3 is 0 Å². The molecule has 0 aromatic carbocycles. The van der Waals surface area contributed by atoms with Gasteiger partial charge in [-0.05, 0) is 31.0 Å². The Morgan fingerprint density at radius 1 is 1.17 bits per heavy atom. The number of nitrogens with zero attached hydrogens (tertiary/aromatic N) is 5. The minimum atomic E-state index is -0.982. The molecule has 3 aromatic heterocycles. The maximum absolute atomic E-state index is 12.8. The Bertz CT molecular complexity index is 1040. The van der Waals surface area contributed by atoms with E-state index in [1.807, 2.05) is 4.31 Å². The van der Waals surface area contributed by atoms with Crippen molar-refractivity contribution < 1.29 is 9.35 Å². The number of rotatable bonds is 5. The number of hydrogen-bond donors (Lipinski definition) is 2. The van der Waals surface area contributed by atoms with E-state index in [-0.39, 0.29) is 17.5 Å². The minimum Gasteiger partial charge on any atom is -0.598 e. The second-order valence-corrected chi connectivity index (χ2v) is 8.59. The van der Waals surface area contributed by atoms with E-state index in [4.69, 9.17) is 11.5 Å². The summed E-state index contributed by atoms with van der Waals surface area (Å²) in [5.74, 6) is 0.887. The van der Waals surface area contributed by atoms with E-state index >= 15 is 0 Å². The molecule has 3 aromatic rings. The van der Waals surface area contributed by atoms with Crippen molar-refractivity contribution in [2.75, 3.05) is 30.8 Å². The van der Waals surface area contributed by atoms with Crippen molar-refractivity contribution in [1.29, 1.82) is 0 Å². The second kappa shape index (κ2) is 8.42. The molecule has 10 heteroatoms. The molecule has 4 rings (SSSR count). The first-order valence-corrected chi connectivity index (χ1v) is 11.1. The molecule has 1 fully saturated rings. The van der Waals surface area contributed by atoms with Gasteiger partial charge in [-0.25, -0.2) is 14.6 Å². The van der Waals surface area contributed by atoms with Crippen LogP contribution in [0.1, 0.15) is 23.2 Å². The van der Waals surface area contributed by atoms with E-state index in [9.17, 15) is 9.35 Å². The molecule has 0 radical (unpaired) electrons. The summed E-state index contributed by atoms with van der Waals surface area (Å²) in [5.41, 5.74) is 14.3. The standard InChI is InChI=1S/C20H23N7O2S/c1-30(29)26-8-5-13(6-9-26)19(28)14-2-3-17(24-10-14)27-12-15(11-25-27)16-4-7-23-20(22)18(16)21/h2-4,7,10-13H,5-6,8-9,21H2,1H3,(H2,22,23). The highest BCUT2D eigenvalue weighted by molar-refractivity contribution is 7.88. The lowest BCUT2D eigenvalue weighted by atomic mass is 9.90. The number of hydrogen-bond acceptors (Lipinski definition) is 8. The summed E-state index contributed by atoms with van der Waals surface area (Å²) >= 11 is -0.982. The first-order chi connectivity index (χ1) is 14.4. The summed E-state index contributed by atoms with van der Waals surface area (Å²) in [6.45, 7) is 1.34. The summed E-state index contributed by atoms with van der Waals surface area (Å²) in [6, 6.07) is 5.32. The Morgan fingerprint density at radius 3 is 2.60 bits per heavy atom. The van der Waals surface area contributed by atoms with Gasteiger partial charge in [0.2, 0.25) is 0 Å². The van der Waals surface area contributed by atoms with Crippen molar-refractivity contribution >= 4 is 28.7 Å². The number of carbonyl (C=O) groups excluding carboxylic acids is 1. The molecule has 0 spiro atoms. The predicted molar refractivity (Wildman–Crippen MR) is 116 cm³/mol. The van der Waals surface area contributed by atoms with Crippen molar-refractivity contribution in [3.63, 3.8) is 0 Å². The normalized spacial score (nSPS) is 16.5. The summed E-state index contributed by atoms with van der Waals surface area (Å²) < 4.78 is 15.1. The lowest BCUT2D eigenvalue weighted by Crippen LogP contribution is -2.39. The van der Waals surface area contributed by atoms with Crippen LogP contribution in [0.4, 0.5) is 11.5 Å². The van der Waals surface area contributed by atoms with E-state index < -0.39 is 11.4 Å². The molecular weight excluding hydrogens is 402 g/mol. The lowest BCUT2D eigenvalue weighted by Gasteiger charge is -2.29. The molecule has 4 heterocycles. The summed E-state index contributed by atoms with van der Waals surface area (Å²) in [7, 11) is 0. The van der Waals surface area contributed by atoms with Crippen LogP contribution in [0.3, 0.4) is 0 Å². The fraction of sp³-hybridized carbons (Fsp3) is 0.300. The van der Waals surface area contributed by atoms with Crippen molar-refractivity contribution in [2.45, 2.75) is 12.8 Å². The van der Waals surface area contributed by atoms with Crippen LogP contribution in [0.25, 0.3) is 16.9 Å². The van der Waals surface area contributed by atoms with E-state index in [1.165, 1.54) is 0 Å². The molecule has 0 aliphatic carbocycles. The average Bonchev–Trinajstić information content (AvgIpc) is 3.25. The fourth-order valence-corrected chi connectivity index (χ4v) is 4.33. The Kier molecular flexibility index (Phi) is 5.71. The zero-order chi connectivity index (χ0) is 21.3. The maximum atomic E-state index is 12.8. The SMILES string of the molecule is C[S+]([O-])N1CCC(C(=O)c2ccc(-n3cc(-c4ccnc(N)c4N)cn3)nc2)CC1. The third-order valence-electron chi connectivity index (χ3n) is 5.37. The average molecular weight is 426 g/mol. The zero-order valence-electron chi connectivity index (χ0n) is 16.6. The summed E-state index contributed by atoms with van der Waals surface area (Å²) in [6.07, 6.45) is 9.75. The van der Waals surface area contributed by atoms with Crippen LogP contribution in [-0.2, 0) is 11.4 Å². The van der Waals surface area contributed by atoms with Gasteiger partial charge in [0.15, 0.2) is 11.6 Å². The fourth-order valence-electron chi connectivity index (χ4n) is 3.61. The molecular formula is C20H23N7O2S. The molecule has 1 saturated heterocycles. The largest absolute Gasteiger partial charge is 0.598 e. The number of Topliss-reactive ketones (excluding diaryl/α,β-unsaturated/α-hetero) is 1. The smallest absolute Gasteiger partial charge is 0.167 e. The molecule has 0 amide bonds. The van der Waals surface area contributed by atoms with Crippen LogP contribution < -0.4 is 11.5 Å². The van der Waals surface area contributed by atoms with Gasteiger partial charge in [-0.3, -0.25) is 4.79 Å². The van der Waals surface area contributed by atoms with E-state index in [2.05, 4.69) is 15.1 Å². The molecule has 1 aliphatic rings. The minimum absolute atomic E-state index is 0.0612. The van der Waals surface area contributed by atoms with Gasteiger partial charge in [0.1, 0.15) is 12.1 Å². The Morgan fingerprint density at radius 2 is 1.93 bits per heavy atom. The molecule has 1 atom stereocenters. The monoisotopic (exact) mass is 425 g/mol. The number of nitrogens with two attached hydrogens (primary N) is 2. The van der Waals surface area contributed by atoms with Gasteiger partial charge in [0, 0.05) is 65.7 Å². The van der Waals surface area contributed by atoms with Gasteiger partial charge in [-0.1, -0.05) is 0 Å². The van der Waals surface area contributed by atoms with Crippen LogP contribution in [0.2, 0.25) is 0 Å². The first-order valence-electron chi connectivity index (χ1n) is 9.58. The first kappa shape index (κ1) is 20.3. The highest BCUT2D eigenvalue weighted by Gasteiger charge is 2.29. The van der Waals surface area contributed by atoms with E-state index in [0.717, 1.165) is 11.1 Å². The number of pyridine rings is 2. The highest BCUT2D eigenvalue weighted by Crippen LogP contribution is 2.28. The Hall–Kier alpha value is -2.95. The Balaban J connectivity index is 1.47. The zero-order valence-corrected chi connectivity index (χ0v) is 17.4. The third-order valence-corrected chi connectivity index (χ3v) is 6.46. The van der Waals surface area contributed by atoms with E-state index in [0.29, 0.717) is 43.0 Å². The van der Waals surface area contributed by atoms with Crippen molar-refractivity contribution in [3.05, 3.63) is 48.5 Å². The molecule has 30 heavy (non-hydrogen) atoms. The van der Waals surface area contributed by atoms with Crippen molar-refractivity contribution in [1.82, 2.24) is 24.1 Å². The molecule has 1 unspecified atom stereocenters. The number of anilines is 2. The molecule has 9 nitrogen and oxygen atoms in total. The van der Waals surface area contributed by atoms with Crippen LogP contribution in [-0.4, -0.2) is 53.7 Å². The second-order valence-electron chi connectivity index (χ2n) is 7.23. The third kappa shape index (κ3) is 4.02. The quantitative estimate of drug-likeness (QED) is 0.465. The molecule has 0 saturated carbocycles. The van der Waals surface area contributed by atoms with Gasteiger partial charge in [0.05, 0.1) is 11.9 Å². The number of carbonyl (C=O) groups is 1. The van der Waals surface area contributed by atoms with Crippen LogP contribution >= 0.6 is 0 Å². The van der Waals surface area contributed by atoms with Crippen molar-refractivity contribution in [3.8, 4) is 16.9 Å². The Labute approximate surface area is 177 Å². The topological polar surface area (TPSA) is 139 Å². The van der Waals surface area contributed by atoms with Gasteiger partial charge in [-0.15, -0.1) is 4.31 Å². The van der Waals surface area contributed by atoms with Gasteiger partial charge in [-0.2, -0.15) is 5.10 Å². The molecule has 4 N–H and O–H groups in total. The van der Waals surface area contributed by atoms with Gasteiger partial charge < -0.3 is 16.0 Å². The number of nitrogen functional groups attached to an aromatic ring is 2. The van der Waals surface area contributed by atoms with Gasteiger partial charge in [0.25, 0.3) is 0 Å². The lowest BCUT2D eigenvalue weighted by molar-refractivity contribution is 0.0875. The van der Waals surface area contributed by atoms with E-state index in [1.54, 1.807) is 53.9 Å². The number of aromatic nitrogens is 4. The van der Waals surface area contributed by atoms with Crippen LogP contribution in [0.5, 0.6) is 0 Å². The number of piperidine rings is 1. The predicted octanol–water partition coefficient (Wildman–Crippen LogP) is 1.68. The summed E-state index contributed by atoms with van der Waals surface area (Å²) in [5, 5.41) is 4.34. The highest BCUT2D eigenvalue weighted by atomic mass is 32.2. The summed E-state index contributed by atoms with van der Waals surface area (Å²) in [4.78, 5) is 21.2. The van der Waals surface area contributed by atoms with Crippen LogP contribution in [0.15, 0.2) is 43.0 Å². The molecule has 0 bridgehead atoms. The van der Waals surface area contributed by atoms with Crippen LogP contribution in [0, 0.1) is 5.92 Å². The molecule has 156 valence electrons.